The maximum Gasteiger partial charge on any atom is 0.272 e. The van der Waals surface area contributed by atoms with Crippen molar-refractivity contribution < 1.29 is 4.79 Å². The first-order chi connectivity index (χ1) is 8.75. The molecule has 2 heterocycles. The molecular weight excluding hydrogens is 297 g/mol. The Kier molecular flexibility index (Phi) is 6.24. The molecule has 6 heteroatoms. The average Bonchev–Trinajstić information content (AvgIpc) is 3.23. The fourth-order valence-electron chi connectivity index (χ4n) is 2.48. The number of halogens is 2. The van der Waals surface area contributed by atoms with Crippen LogP contribution in [-0.4, -0.2) is 41.5 Å². The number of amides is 1. The van der Waals surface area contributed by atoms with Crippen molar-refractivity contribution in [2.75, 3.05) is 19.6 Å². The fourth-order valence-corrected chi connectivity index (χ4v) is 2.48. The summed E-state index contributed by atoms with van der Waals surface area (Å²) in [4.78, 5) is 18.6. The zero-order valence-electron chi connectivity index (χ0n) is 11.5. The summed E-state index contributed by atoms with van der Waals surface area (Å²) in [6.45, 7) is 4.58. The fraction of sp³-hybridized carbons (Fsp3) is 0.571. The third-order valence-electron chi connectivity index (χ3n) is 3.82. The van der Waals surface area contributed by atoms with Crippen LogP contribution in [0.4, 0.5) is 0 Å². The lowest BCUT2D eigenvalue weighted by Crippen LogP contribution is -2.52. The molecule has 0 spiro atoms. The second-order valence-corrected chi connectivity index (χ2v) is 5.30. The molecule has 1 saturated heterocycles. The third-order valence-corrected chi connectivity index (χ3v) is 3.82. The van der Waals surface area contributed by atoms with Crippen molar-refractivity contribution in [3.63, 3.8) is 0 Å². The molecular formula is C14H21Cl2N3O. The van der Waals surface area contributed by atoms with Crippen molar-refractivity contribution >= 4 is 30.7 Å². The van der Waals surface area contributed by atoms with Gasteiger partial charge in [-0.25, -0.2) is 0 Å². The van der Waals surface area contributed by atoms with Gasteiger partial charge in [0.25, 0.3) is 5.91 Å². The molecule has 112 valence electrons. The van der Waals surface area contributed by atoms with Gasteiger partial charge in [0.05, 0.1) is 0 Å². The minimum Gasteiger partial charge on any atom is -0.332 e. The molecule has 20 heavy (non-hydrogen) atoms. The van der Waals surface area contributed by atoms with Gasteiger partial charge in [-0.05, 0) is 37.3 Å². The summed E-state index contributed by atoms with van der Waals surface area (Å²) >= 11 is 0. The molecule has 3 rings (SSSR count). The van der Waals surface area contributed by atoms with Gasteiger partial charge >= 0.3 is 0 Å². The Bertz CT molecular complexity index is 448. The molecule has 0 aromatic carbocycles. The highest BCUT2D eigenvalue weighted by Crippen LogP contribution is 2.39. The standard InChI is InChI=1S/C14H19N3O.2ClH/c1-10-8-15-6-7-17(10)14(18)13-5-4-12(9-16-13)11-2-3-11;;/h4-5,9-11,15H,2-3,6-8H2,1H3;2*1H/t10-;;/m1../s1. The maximum atomic E-state index is 12.3. The molecule has 1 atom stereocenters. The lowest BCUT2D eigenvalue weighted by Gasteiger charge is -2.33. The van der Waals surface area contributed by atoms with Crippen molar-refractivity contribution in [3.8, 4) is 0 Å². The van der Waals surface area contributed by atoms with Crippen molar-refractivity contribution in [2.24, 2.45) is 0 Å². The lowest BCUT2D eigenvalue weighted by molar-refractivity contribution is 0.0649. The molecule has 1 aromatic rings. The third kappa shape index (κ3) is 3.62. The van der Waals surface area contributed by atoms with E-state index in [9.17, 15) is 4.79 Å². The highest BCUT2D eigenvalue weighted by atomic mass is 35.5. The van der Waals surface area contributed by atoms with Crippen LogP contribution in [0, 0.1) is 0 Å². The Labute approximate surface area is 132 Å². The summed E-state index contributed by atoms with van der Waals surface area (Å²) in [6.07, 6.45) is 4.41. The van der Waals surface area contributed by atoms with Gasteiger partial charge in [-0.2, -0.15) is 0 Å². The summed E-state index contributed by atoms with van der Waals surface area (Å²) in [6, 6.07) is 4.19. The summed E-state index contributed by atoms with van der Waals surface area (Å²) in [7, 11) is 0. The first-order valence-corrected chi connectivity index (χ1v) is 6.73. The van der Waals surface area contributed by atoms with Gasteiger partial charge in [0.15, 0.2) is 0 Å². The second-order valence-electron chi connectivity index (χ2n) is 5.30. The SMILES string of the molecule is C[C@@H]1CNCCN1C(=O)c1ccc(C2CC2)cn1.Cl.Cl. The molecule has 1 amide bonds. The number of pyridine rings is 1. The van der Waals surface area contributed by atoms with Gasteiger partial charge in [0.1, 0.15) is 5.69 Å². The quantitative estimate of drug-likeness (QED) is 0.909. The zero-order chi connectivity index (χ0) is 12.5. The topological polar surface area (TPSA) is 45.2 Å². The van der Waals surface area contributed by atoms with E-state index in [4.69, 9.17) is 0 Å². The van der Waals surface area contributed by atoms with Gasteiger partial charge in [-0.1, -0.05) is 6.07 Å². The summed E-state index contributed by atoms with van der Waals surface area (Å²) in [5, 5.41) is 3.29. The number of nitrogens with zero attached hydrogens (tertiary/aromatic N) is 2. The summed E-state index contributed by atoms with van der Waals surface area (Å²) < 4.78 is 0. The largest absolute Gasteiger partial charge is 0.332 e. The van der Waals surface area contributed by atoms with Gasteiger partial charge in [0, 0.05) is 31.9 Å². The van der Waals surface area contributed by atoms with Gasteiger partial charge < -0.3 is 10.2 Å². The second kappa shape index (κ2) is 7.25. The number of carbonyl (C=O) groups excluding carboxylic acids is 1. The van der Waals surface area contributed by atoms with E-state index in [1.165, 1.54) is 18.4 Å². The van der Waals surface area contributed by atoms with Crippen LogP contribution in [0.2, 0.25) is 0 Å². The Morgan fingerprint density at radius 1 is 1.35 bits per heavy atom. The lowest BCUT2D eigenvalue weighted by atomic mass is 10.1. The first kappa shape index (κ1) is 17.2. The van der Waals surface area contributed by atoms with Crippen molar-refractivity contribution in [3.05, 3.63) is 29.6 Å². The van der Waals surface area contributed by atoms with E-state index < -0.39 is 0 Å². The van der Waals surface area contributed by atoms with Crippen molar-refractivity contribution in [1.29, 1.82) is 0 Å². The summed E-state index contributed by atoms with van der Waals surface area (Å²) in [5.74, 6) is 0.756. The normalized spacial score (nSPS) is 21.6. The minimum absolute atomic E-state index is 0. The van der Waals surface area contributed by atoms with E-state index in [2.05, 4.69) is 23.3 Å². The number of rotatable bonds is 2. The van der Waals surface area contributed by atoms with E-state index in [1.54, 1.807) is 0 Å². The Hall–Kier alpha value is -0.840. The van der Waals surface area contributed by atoms with Crippen LogP contribution < -0.4 is 5.32 Å². The van der Waals surface area contributed by atoms with Gasteiger partial charge in [-0.3, -0.25) is 9.78 Å². The van der Waals surface area contributed by atoms with Crippen LogP contribution in [0.25, 0.3) is 0 Å². The molecule has 1 N–H and O–H groups in total. The maximum absolute atomic E-state index is 12.3. The van der Waals surface area contributed by atoms with Crippen LogP contribution in [-0.2, 0) is 0 Å². The molecule has 1 aromatic heterocycles. The molecule has 0 unspecified atom stereocenters. The molecule has 1 aliphatic heterocycles. The summed E-state index contributed by atoms with van der Waals surface area (Å²) in [5.41, 5.74) is 1.85. The smallest absolute Gasteiger partial charge is 0.272 e. The van der Waals surface area contributed by atoms with E-state index in [-0.39, 0.29) is 36.8 Å². The number of nitrogens with one attached hydrogen (secondary N) is 1. The van der Waals surface area contributed by atoms with Crippen LogP contribution >= 0.6 is 24.8 Å². The van der Waals surface area contributed by atoms with Crippen LogP contribution in [0.15, 0.2) is 18.3 Å². The Morgan fingerprint density at radius 3 is 2.65 bits per heavy atom. The van der Waals surface area contributed by atoms with Crippen LogP contribution in [0.1, 0.15) is 41.7 Å². The number of hydrogen-bond donors (Lipinski definition) is 1. The monoisotopic (exact) mass is 317 g/mol. The van der Waals surface area contributed by atoms with Gasteiger partial charge in [-0.15, -0.1) is 24.8 Å². The Balaban J connectivity index is 0.000001000. The van der Waals surface area contributed by atoms with Crippen molar-refractivity contribution in [2.45, 2.75) is 31.7 Å². The predicted molar refractivity (Wildman–Crippen MR) is 84.1 cm³/mol. The molecule has 0 bridgehead atoms. The van der Waals surface area contributed by atoms with E-state index in [0.717, 1.165) is 19.6 Å². The molecule has 1 saturated carbocycles. The molecule has 0 radical (unpaired) electrons. The predicted octanol–water partition coefficient (Wildman–Crippen LogP) is 2.24. The number of carbonyl (C=O) groups is 1. The van der Waals surface area contributed by atoms with Crippen LogP contribution in [0.5, 0.6) is 0 Å². The number of piperazine rings is 1. The molecule has 2 fully saturated rings. The Morgan fingerprint density at radius 2 is 2.10 bits per heavy atom. The van der Waals surface area contributed by atoms with Crippen molar-refractivity contribution in [1.82, 2.24) is 15.2 Å². The average molecular weight is 318 g/mol. The molecule has 2 aliphatic rings. The first-order valence-electron chi connectivity index (χ1n) is 6.73. The number of aromatic nitrogens is 1. The van der Waals surface area contributed by atoms with E-state index in [1.807, 2.05) is 17.2 Å². The van der Waals surface area contributed by atoms with E-state index in [0.29, 0.717) is 11.6 Å². The van der Waals surface area contributed by atoms with Gasteiger partial charge in [0.2, 0.25) is 0 Å². The highest BCUT2D eigenvalue weighted by Gasteiger charge is 2.26. The zero-order valence-corrected chi connectivity index (χ0v) is 13.2. The minimum atomic E-state index is 0. The molecule has 4 nitrogen and oxygen atoms in total. The molecule has 1 aliphatic carbocycles. The van der Waals surface area contributed by atoms with Crippen LogP contribution in [0.3, 0.4) is 0 Å². The number of hydrogen-bond acceptors (Lipinski definition) is 3. The van der Waals surface area contributed by atoms with E-state index >= 15 is 0 Å². The highest BCUT2D eigenvalue weighted by molar-refractivity contribution is 5.92.